The smallest absolute Gasteiger partial charge is 0.0728 e. The Kier molecular flexibility index (Phi) is 4.28. The van der Waals surface area contributed by atoms with Crippen LogP contribution in [0.3, 0.4) is 0 Å². The first kappa shape index (κ1) is 14.2. The van der Waals surface area contributed by atoms with E-state index in [-0.39, 0.29) is 0 Å². The van der Waals surface area contributed by atoms with Gasteiger partial charge in [0.15, 0.2) is 0 Å². The molecule has 0 radical (unpaired) electrons. The highest BCUT2D eigenvalue weighted by Gasteiger charge is 2.22. The van der Waals surface area contributed by atoms with Crippen molar-refractivity contribution in [3.05, 3.63) is 48.3 Å². The Bertz CT molecular complexity index is 551. The molecule has 1 aromatic carbocycles. The number of nitrogens with one attached hydrogen (secondary N) is 1. The van der Waals surface area contributed by atoms with Crippen molar-refractivity contribution in [1.82, 2.24) is 9.78 Å². The van der Waals surface area contributed by atoms with Crippen molar-refractivity contribution in [3.8, 4) is 0 Å². The minimum Gasteiger partial charge on any atom is -0.380 e. The lowest BCUT2D eigenvalue weighted by Gasteiger charge is -2.29. The summed E-state index contributed by atoms with van der Waals surface area (Å²) in [7, 11) is 0. The molecule has 1 aliphatic rings. The SMILES string of the molecule is CC(C)n1cc(NC2CCC(c3ccccc3)CC2)cn1. The molecule has 21 heavy (non-hydrogen) atoms. The van der Waals surface area contributed by atoms with Gasteiger partial charge in [-0.25, -0.2) is 0 Å². The van der Waals surface area contributed by atoms with Gasteiger partial charge >= 0.3 is 0 Å². The number of rotatable bonds is 4. The third-order valence-electron chi connectivity index (χ3n) is 4.50. The van der Waals surface area contributed by atoms with Crippen molar-refractivity contribution in [2.75, 3.05) is 5.32 Å². The second-order valence-corrected chi connectivity index (χ2v) is 6.41. The third kappa shape index (κ3) is 3.46. The summed E-state index contributed by atoms with van der Waals surface area (Å²) < 4.78 is 2.01. The first-order valence-corrected chi connectivity index (χ1v) is 8.08. The maximum atomic E-state index is 4.40. The van der Waals surface area contributed by atoms with Gasteiger partial charge in [-0.3, -0.25) is 4.68 Å². The zero-order chi connectivity index (χ0) is 14.7. The van der Waals surface area contributed by atoms with Crippen molar-refractivity contribution < 1.29 is 0 Å². The Labute approximate surface area is 127 Å². The van der Waals surface area contributed by atoms with E-state index in [1.807, 2.05) is 10.9 Å². The molecule has 0 unspecified atom stereocenters. The Morgan fingerprint density at radius 2 is 1.81 bits per heavy atom. The molecule has 3 rings (SSSR count). The maximum Gasteiger partial charge on any atom is 0.0728 e. The van der Waals surface area contributed by atoms with Crippen LogP contribution in [0.25, 0.3) is 0 Å². The van der Waals surface area contributed by atoms with Gasteiger partial charge in [0.05, 0.1) is 11.9 Å². The summed E-state index contributed by atoms with van der Waals surface area (Å²) >= 11 is 0. The summed E-state index contributed by atoms with van der Waals surface area (Å²) in [5.41, 5.74) is 2.66. The highest BCUT2D eigenvalue weighted by Crippen LogP contribution is 2.33. The Morgan fingerprint density at radius 3 is 2.43 bits per heavy atom. The highest BCUT2D eigenvalue weighted by atomic mass is 15.3. The predicted molar refractivity (Wildman–Crippen MR) is 87.7 cm³/mol. The normalized spacial score (nSPS) is 22.4. The van der Waals surface area contributed by atoms with E-state index < -0.39 is 0 Å². The molecule has 0 spiro atoms. The lowest BCUT2D eigenvalue weighted by Crippen LogP contribution is -2.25. The van der Waals surface area contributed by atoms with Gasteiger partial charge in [0.2, 0.25) is 0 Å². The Morgan fingerprint density at radius 1 is 1.10 bits per heavy atom. The van der Waals surface area contributed by atoms with Gasteiger partial charge in [0, 0.05) is 18.3 Å². The summed E-state index contributed by atoms with van der Waals surface area (Å²) in [4.78, 5) is 0. The third-order valence-corrected chi connectivity index (χ3v) is 4.50. The van der Waals surface area contributed by atoms with Crippen molar-refractivity contribution in [3.63, 3.8) is 0 Å². The topological polar surface area (TPSA) is 29.9 Å². The second-order valence-electron chi connectivity index (χ2n) is 6.41. The van der Waals surface area contributed by atoms with E-state index in [1.165, 1.54) is 31.2 Å². The lowest BCUT2D eigenvalue weighted by atomic mass is 9.82. The minimum absolute atomic E-state index is 0.425. The van der Waals surface area contributed by atoms with Crippen LogP contribution in [-0.4, -0.2) is 15.8 Å². The van der Waals surface area contributed by atoms with Crippen LogP contribution in [-0.2, 0) is 0 Å². The minimum atomic E-state index is 0.425. The van der Waals surface area contributed by atoms with Crippen molar-refractivity contribution in [2.45, 2.75) is 57.5 Å². The number of hydrogen-bond acceptors (Lipinski definition) is 2. The molecule has 0 aliphatic heterocycles. The molecule has 1 N–H and O–H groups in total. The van der Waals surface area contributed by atoms with Crippen molar-refractivity contribution in [2.24, 2.45) is 0 Å². The number of hydrogen-bond donors (Lipinski definition) is 1. The predicted octanol–water partition coefficient (Wildman–Crippen LogP) is 4.60. The van der Waals surface area contributed by atoms with Gasteiger partial charge in [-0.1, -0.05) is 30.3 Å². The molecule has 0 bridgehead atoms. The first-order valence-electron chi connectivity index (χ1n) is 8.08. The van der Waals surface area contributed by atoms with Crippen LogP contribution < -0.4 is 5.32 Å². The van der Waals surface area contributed by atoms with E-state index in [4.69, 9.17) is 0 Å². The summed E-state index contributed by atoms with van der Waals surface area (Å²) in [6, 6.07) is 12.0. The Hall–Kier alpha value is -1.77. The molecule has 1 aliphatic carbocycles. The van der Waals surface area contributed by atoms with Gasteiger partial charge in [0.1, 0.15) is 0 Å². The standard InChI is InChI=1S/C18H25N3/c1-14(2)21-13-18(12-19-21)20-17-10-8-16(9-11-17)15-6-4-3-5-7-15/h3-7,12-14,16-17,20H,8-11H2,1-2H3. The van der Waals surface area contributed by atoms with Crippen LogP contribution in [0.1, 0.15) is 57.1 Å². The van der Waals surface area contributed by atoms with E-state index in [0.29, 0.717) is 12.1 Å². The molecule has 3 nitrogen and oxygen atoms in total. The summed E-state index contributed by atoms with van der Waals surface area (Å²) in [5, 5.41) is 8.04. The molecule has 0 amide bonds. The van der Waals surface area contributed by atoms with Gasteiger partial charge in [-0.15, -0.1) is 0 Å². The van der Waals surface area contributed by atoms with Crippen LogP contribution in [0.15, 0.2) is 42.7 Å². The fraction of sp³-hybridized carbons (Fsp3) is 0.500. The number of nitrogens with zero attached hydrogens (tertiary/aromatic N) is 2. The molecule has 112 valence electrons. The highest BCUT2D eigenvalue weighted by molar-refractivity contribution is 5.39. The summed E-state index contributed by atoms with van der Waals surface area (Å²) in [6.45, 7) is 4.31. The summed E-state index contributed by atoms with van der Waals surface area (Å²) in [6.07, 6.45) is 9.11. The zero-order valence-corrected chi connectivity index (χ0v) is 13.0. The molecule has 1 aromatic heterocycles. The van der Waals surface area contributed by atoms with Crippen LogP contribution in [0.2, 0.25) is 0 Å². The molecular formula is C18H25N3. The maximum absolute atomic E-state index is 4.40. The zero-order valence-electron chi connectivity index (χ0n) is 13.0. The fourth-order valence-corrected chi connectivity index (χ4v) is 3.23. The van der Waals surface area contributed by atoms with Gasteiger partial charge in [-0.2, -0.15) is 5.10 Å². The molecule has 0 saturated heterocycles. The molecule has 2 aromatic rings. The molecular weight excluding hydrogens is 258 g/mol. The quantitative estimate of drug-likeness (QED) is 0.888. The number of benzene rings is 1. The second kappa shape index (κ2) is 6.33. The Balaban J connectivity index is 1.54. The molecule has 1 fully saturated rings. The number of anilines is 1. The lowest BCUT2D eigenvalue weighted by molar-refractivity contribution is 0.412. The van der Waals surface area contributed by atoms with Crippen LogP contribution in [0.4, 0.5) is 5.69 Å². The van der Waals surface area contributed by atoms with Gasteiger partial charge in [-0.05, 0) is 51.0 Å². The van der Waals surface area contributed by atoms with Crippen LogP contribution in [0.5, 0.6) is 0 Å². The van der Waals surface area contributed by atoms with E-state index >= 15 is 0 Å². The van der Waals surface area contributed by atoms with Crippen molar-refractivity contribution in [1.29, 1.82) is 0 Å². The van der Waals surface area contributed by atoms with Crippen LogP contribution >= 0.6 is 0 Å². The van der Waals surface area contributed by atoms with E-state index in [2.05, 4.69) is 60.8 Å². The fourth-order valence-electron chi connectivity index (χ4n) is 3.23. The average molecular weight is 283 g/mol. The molecule has 1 heterocycles. The largest absolute Gasteiger partial charge is 0.380 e. The average Bonchev–Trinajstić information content (AvgIpc) is 2.98. The molecule has 3 heteroatoms. The van der Waals surface area contributed by atoms with E-state index in [9.17, 15) is 0 Å². The molecule has 0 atom stereocenters. The van der Waals surface area contributed by atoms with Crippen LogP contribution in [0, 0.1) is 0 Å². The van der Waals surface area contributed by atoms with Crippen molar-refractivity contribution >= 4 is 5.69 Å². The monoisotopic (exact) mass is 283 g/mol. The van der Waals surface area contributed by atoms with Gasteiger partial charge in [0.25, 0.3) is 0 Å². The van der Waals surface area contributed by atoms with E-state index in [1.54, 1.807) is 0 Å². The van der Waals surface area contributed by atoms with Gasteiger partial charge < -0.3 is 5.32 Å². The first-order chi connectivity index (χ1) is 10.2. The number of aromatic nitrogens is 2. The summed E-state index contributed by atoms with van der Waals surface area (Å²) in [5.74, 6) is 0.739. The molecule has 1 saturated carbocycles. The van der Waals surface area contributed by atoms with E-state index in [0.717, 1.165) is 11.6 Å².